The van der Waals surface area contributed by atoms with Gasteiger partial charge in [0.05, 0.1) is 6.04 Å². The summed E-state index contributed by atoms with van der Waals surface area (Å²) >= 11 is 0. The summed E-state index contributed by atoms with van der Waals surface area (Å²) in [5, 5.41) is 15.8. The van der Waals surface area contributed by atoms with Crippen LogP contribution in [0.1, 0.15) is 30.3 Å². The minimum absolute atomic E-state index is 0.0492. The molecule has 0 aromatic carbocycles. The molecule has 4 heterocycles. The summed E-state index contributed by atoms with van der Waals surface area (Å²) in [5.41, 5.74) is 1.41. The Morgan fingerprint density at radius 1 is 1.46 bits per heavy atom. The molecule has 1 atom stereocenters. The number of aromatic nitrogens is 5. The van der Waals surface area contributed by atoms with E-state index < -0.39 is 0 Å². The van der Waals surface area contributed by atoms with Crippen molar-refractivity contribution < 1.29 is 14.1 Å². The standard InChI is InChI=1S/C15H16N6O3/c1-10-7-11(19-24-10)12-3-2-6-20(12)15(22)8-23-14-5-4-13-17-16-9-21(13)18-14/h4-5,7,9,12H,2-3,6,8H2,1H3/t12-/m1/s1. The van der Waals surface area contributed by atoms with E-state index in [9.17, 15) is 4.79 Å². The second-order valence-corrected chi connectivity index (χ2v) is 5.70. The molecular formula is C15H16N6O3. The van der Waals surface area contributed by atoms with Gasteiger partial charge in [0.1, 0.15) is 17.8 Å². The van der Waals surface area contributed by atoms with Gasteiger partial charge in [-0.05, 0) is 25.8 Å². The van der Waals surface area contributed by atoms with E-state index in [1.54, 1.807) is 17.0 Å². The Labute approximate surface area is 137 Å². The van der Waals surface area contributed by atoms with Gasteiger partial charge in [0.15, 0.2) is 12.3 Å². The zero-order chi connectivity index (χ0) is 16.5. The highest BCUT2D eigenvalue weighted by Crippen LogP contribution is 2.31. The number of hydrogen-bond donors (Lipinski definition) is 0. The lowest BCUT2D eigenvalue weighted by Gasteiger charge is -2.22. The number of fused-ring (bicyclic) bond motifs is 1. The van der Waals surface area contributed by atoms with Crippen LogP contribution >= 0.6 is 0 Å². The Bertz CT molecular complexity index is 873. The number of rotatable bonds is 4. The molecule has 0 unspecified atom stereocenters. The van der Waals surface area contributed by atoms with Crippen molar-refractivity contribution in [3.63, 3.8) is 0 Å². The SMILES string of the molecule is Cc1cc([C@H]2CCCN2C(=O)COc2ccc3nncn3n2)no1. The van der Waals surface area contributed by atoms with Gasteiger partial charge in [-0.15, -0.1) is 15.3 Å². The van der Waals surface area contributed by atoms with Crippen molar-refractivity contribution >= 4 is 11.6 Å². The molecule has 3 aromatic rings. The summed E-state index contributed by atoms with van der Waals surface area (Å²) in [5.74, 6) is 1.000. The maximum Gasteiger partial charge on any atom is 0.261 e. The van der Waals surface area contributed by atoms with Gasteiger partial charge in [0, 0.05) is 18.7 Å². The fraction of sp³-hybridized carbons (Fsp3) is 0.400. The van der Waals surface area contributed by atoms with Gasteiger partial charge in [0.25, 0.3) is 5.91 Å². The first-order valence-electron chi connectivity index (χ1n) is 7.73. The Kier molecular flexibility index (Phi) is 3.60. The Morgan fingerprint density at radius 3 is 3.21 bits per heavy atom. The lowest BCUT2D eigenvalue weighted by Crippen LogP contribution is -2.34. The van der Waals surface area contributed by atoms with E-state index in [2.05, 4.69) is 20.5 Å². The first-order valence-corrected chi connectivity index (χ1v) is 7.73. The van der Waals surface area contributed by atoms with Crippen LogP contribution in [0.2, 0.25) is 0 Å². The van der Waals surface area contributed by atoms with Gasteiger partial charge in [-0.25, -0.2) is 0 Å². The van der Waals surface area contributed by atoms with E-state index in [0.717, 1.165) is 24.3 Å². The van der Waals surface area contributed by atoms with E-state index in [1.165, 1.54) is 10.8 Å². The third-order valence-electron chi connectivity index (χ3n) is 4.04. The third-order valence-corrected chi connectivity index (χ3v) is 4.04. The number of nitrogens with zero attached hydrogens (tertiary/aromatic N) is 6. The number of amides is 1. The molecule has 9 nitrogen and oxygen atoms in total. The molecule has 0 spiro atoms. The van der Waals surface area contributed by atoms with Crippen LogP contribution in [0.3, 0.4) is 0 Å². The molecule has 1 fully saturated rings. The van der Waals surface area contributed by atoms with E-state index in [0.29, 0.717) is 18.1 Å². The minimum atomic E-state index is -0.0937. The van der Waals surface area contributed by atoms with Crippen LogP contribution in [0, 0.1) is 6.92 Å². The van der Waals surface area contributed by atoms with Crippen molar-refractivity contribution in [1.82, 2.24) is 29.9 Å². The zero-order valence-corrected chi connectivity index (χ0v) is 13.1. The first kappa shape index (κ1) is 14.6. The summed E-state index contributed by atoms with van der Waals surface area (Å²) in [4.78, 5) is 14.3. The van der Waals surface area contributed by atoms with Crippen LogP contribution in [0.25, 0.3) is 5.65 Å². The number of likely N-dealkylation sites (tertiary alicyclic amines) is 1. The molecule has 24 heavy (non-hydrogen) atoms. The number of ether oxygens (including phenoxy) is 1. The number of carbonyl (C=O) groups excluding carboxylic acids is 1. The summed E-state index contributed by atoms with van der Waals surface area (Å²) in [6, 6.07) is 5.22. The summed E-state index contributed by atoms with van der Waals surface area (Å²) in [7, 11) is 0. The normalized spacial score (nSPS) is 17.5. The van der Waals surface area contributed by atoms with Crippen molar-refractivity contribution in [2.75, 3.05) is 13.2 Å². The van der Waals surface area contributed by atoms with Crippen LogP contribution < -0.4 is 4.74 Å². The second kappa shape index (κ2) is 5.91. The summed E-state index contributed by atoms with van der Waals surface area (Å²) < 4.78 is 12.1. The average molecular weight is 328 g/mol. The van der Waals surface area contributed by atoms with Gasteiger partial charge >= 0.3 is 0 Å². The van der Waals surface area contributed by atoms with E-state index in [1.807, 2.05) is 13.0 Å². The number of hydrogen-bond acceptors (Lipinski definition) is 7. The molecule has 1 aliphatic rings. The van der Waals surface area contributed by atoms with Gasteiger partial charge in [0.2, 0.25) is 5.88 Å². The predicted molar refractivity (Wildman–Crippen MR) is 81.2 cm³/mol. The molecule has 0 N–H and O–H groups in total. The van der Waals surface area contributed by atoms with Crippen LogP contribution in [0.5, 0.6) is 5.88 Å². The molecule has 4 rings (SSSR count). The molecule has 9 heteroatoms. The van der Waals surface area contributed by atoms with Crippen LogP contribution in [-0.2, 0) is 4.79 Å². The van der Waals surface area contributed by atoms with Crippen molar-refractivity contribution in [2.45, 2.75) is 25.8 Å². The van der Waals surface area contributed by atoms with Crippen molar-refractivity contribution in [3.05, 3.63) is 36.0 Å². The molecule has 1 saturated heterocycles. The smallest absolute Gasteiger partial charge is 0.261 e. The number of carbonyl (C=O) groups is 1. The number of aryl methyl sites for hydroxylation is 1. The quantitative estimate of drug-likeness (QED) is 0.708. The molecule has 1 amide bonds. The van der Waals surface area contributed by atoms with E-state index in [-0.39, 0.29) is 18.6 Å². The molecule has 1 aliphatic heterocycles. The van der Waals surface area contributed by atoms with Gasteiger partial charge < -0.3 is 14.2 Å². The van der Waals surface area contributed by atoms with Crippen molar-refractivity contribution in [3.8, 4) is 5.88 Å². The molecular weight excluding hydrogens is 312 g/mol. The van der Waals surface area contributed by atoms with Crippen LogP contribution in [0.4, 0.5) is 0 Å². The van der Waals surface area contributed by atoms with E-state index >= 15 is 0 Å². The van der Waals surface area contributed by atoms with E-state index in [4.69, 9.17) is 9.26 Å². The fourth-order valence-corrected chi connectivity index (χ4v) is 2.92. The summed E-state index contributed by atoms with van der Waals surface area (Å²) in [6.45, 7) is 2.46. The highest BCUT2D eigenvalue weighted by Gasteiger charge is 2.32. The van der Waals surface area contributed by atoms with Crippen molar-refractivity contribution in [1.29, 1.82) is 0 Å². The monoisotopic (exact) mass is 328 g/mol. The Balaban J connectivity index is 1.43. The van der Waals surface area contributed by atoms with Gasteiger partial charge in [-0.3, -0.25) is 4.79 Å². The maximum absolute atomic E-state index is 12.5. The summed E-state index contributed by atoms with van der Waals surface area (Å²) in [6.07, 6.45) is 3.29. The fourth-order valence-electron chi connectivity index (χ4n) is 2.92. The third kappa shape index (κ3) is 2.68. The Morgan fingerprint density at radius 2 is 2.38 bits per heavy atom. The minimum Gasteiger partial charge on any atom is -0.467 e. The molecule has 3 aromatic heterocycles. The largest absolute Gasteiger partial charge is 0.467 e. The van der Waals surface area contributed by atoms with Gasteiger partial charge in [-0.2, -0.15) is 4.52 Å². The lowest BCUT2D eigenvalue weighted by molar-refractivity contribution is -0.134. The van der Waals surface area contributed by atoms with Crippen LogP contribution in [0.15, 0.2) is 29.0 Å². The predicted octanol–water partition coefficient (Wildman–Crippen LogP) is 1.16. The molecule has 124 valence electrons. The highest BCUT2D eigenvalue weighted by molar-refractivity contribution is 5.78. The molecule has 0 saturated carbocycles. The molecule has 0 aliphatic carbocycles. The average Bonchev–Trinajstić information content (AvgIpc) is 3.31. The zero-order valence-electron chi connectivity index (χ0n) is 13.1. The lowest BCUT2D eigenvalue weighted by atomic mass is 10.1. The molecule has 0 radical (unpaired) electrons. The van der Waals surface area contributed by atoms with Crippen LogP contribution in [-0.4, -0.2) is 48.9 Å². The molecule has 0 bridgehead atoms. The van der Waals surface area contributed by atoms with Crippen molar-refractivity contribution in [2.24, 2.45) is 0 Å². The Hall–Kier alpha value is -2.97. The highest BCUT2D eigenvalue weighted by atomic mass is 16.5. The van der Waals surface area contributed by atoms with Gasteiger partial charge in [-0.1, -0.05) is 5.16 Å². The topological polar surface area (TPSA) is 98.7 Å². The maximum atomic E-state index is 12.5. The second-order valence-electron chi connectivity index (χ2n) is 5.70. The first-order chi connectivity index (χ1) is 11.7.